The molecule has 5 nitrogen and oxygen atoms in total. The van der Waals surface area contributed by atoms with E-state index in [1.165, 1.54) is 13.3 Å². The highest BCUT2D eigenvalue weighted by molar-refractivity contribution is 9.10. The Labute approximate surface area is 159 Å². The predicted molar refractivity (Wildman–Crippen MR) is 103 cm³/mol. The number of ether oxygens (including phenoxy) is 1. The number of methoxy groups -OCH3 is 1. The third-order valence-electron chi connectivity index (χ3n) is 3.62. The van der Waals surface area contributed by atoms with E-state index in [0.717, 1.165) is 5.56 Å². The van der Waals surface area contributed by atoms with Crippen LogP contribution in [0.3, 0.4) is 0 Å². The minimum atomic E-state index is -0.213. The average Bonchev–Trinajstić information content (AvgIpc) is 2.59. The SMILES string of the molecule is COc1c(Br)cc(/C=N\NC(=O)CCc2ccc(Cl)cc2)c(O)c1C. The fraction of sp³-hybridized carbons (Fsp3) is 0.222. The van der Waals surface area contributed by atoms with Crippen molar-refractivity contribution in [2.75, 3.05) is 7.11 Å². The highest BCUT2D eigenvalue weighted by atomic mass is 79.9. The van der Waals surface area contributed by atoms with Gasteiger partial charge in [-0.15, -0.1) is 0 Å². The number of rotatable bonds is 6. The molecule has 7 heteroatoms. The molecule has 2 rings (SSSR count). The molecule has 132 valence electrons. The summed E-state index contributed by atoms with van der Waals surface area (Å²) in [5.41, 5.74) is 4.54. The van der Waals surface area contributed by atoms with Crippen LogP contribution in [0.4, 0.5) is 0 Å². The molecule has 0 heterocycles. The van der Waals surface area contributed by atoms with Gasteiger partial charge in [0.1, 0.15) is 11.5 Å². The second-order valence-corrected chi connectivity index (χ2v) is 6.66. The monoisotopic (exact) mass is 424 g/mol. The van der Waals surface area contributed by atoms with Crippen LogP contribution >= 0.6 is 27.5 Å². The third-order valence-corrected chi connectivity index (χ3v) is 4.46. The van der Waals surface area contributed by atoms with E-state index >= 15 is 0 Å². The Kier molecular flexibility index (Phi) is 6.84. The van der Waals surface area contributed by atoms with Gasteiger partial charge in [0, 0.05) is 22.6 Å². The van der Waals surface area contributed by atoms with E-state index in [0.29, 0.717) is 39.2 Å². The number of benzene rings is 2. The summed E-state index contributed by atoms with van der Waals surface area (Å²) in [6.07, 6.45) is 2.29. The van der Waals surface area contributed by atoms with Crippen LogP contribution in [0.5, 0.6) is 11.5 Å². The van der Waals surface area contributed by atoms with Gasteiger partial charge in [0.15, 0.2) is 0 Å². The molecule has 0 saturated heterocycles. The molecule has 0 radical (unpaired) electrons. The summed E-state index contributed by atoms with van der Waals surface area (Å²) in [4.78, 5) is 11.9. The van der Waals surface area contributed by atoms with Gasteiger partial charge in [0.25, 0.3) is 0 Å². The van der Waals surface area contributed by atoms with Gasteiger partial charge in [-0.1, -0.05) is 23.7 Å². The van der Waals surface area contributed by atoms with Crippen LogP contribution < -0.4 is 10.2 Å². The molecule has 2 aromatic rings. The number of phenolic OH excluding ortho intramolecular Hbond substituents is 1. The largest absolute Gasteiger partial charge is 0.507 e. The van der Waals surface area contributed by atoms with Crippen LogP contribution in [-0.2, 0) is 11.2 Å². The van der Waals surface area contributed by atoms with Gasteiger partial charge in [0.2, 0.25) is 5.91 Å². The molecular formula is C18H18BrClN2O3. The quantitative estimate of drug-likeness (QED) is 0.538. The molecule has 0 aliphatic carbocycles. The van der Waals surface area contributed by atoms with Gasteiger partial charge in [-0.25, -0.2) is 5.43 Å². The second kappa shape index (κ2) is 8.87. The molecule has 0 aliphatic heterocycles. The van der Waals surface area contributed by atoms with Crippen LogP contribution in [0.1, 0.15) is 23.1 Å². The van der Waals surface area contributed by atoms with Crippen molar-refractivity contribution in [3.8, 4) is 11.5 Å². The molecule has 1 amide bonds. The third kappa shape index (κ3) is 5.21. The zero-order valence-corrected chi connectivity index (χ0v) is 16.2. The molecule has 2 aromatic carbocycles. The standard InChI is InChI=1S/C18H18BrClN2O3/c1-11-17(24)13(9-15(19)18(11)25-2)10-21-22-16(23)8-5-12-3-6-14(20)7-4-12/h3-4,6-7,9-10,24H,5,8H2,1-2H3,(H,22,23)/b21-10-. The number of nitrogens with zero attached hydrogens (tertiary/aromatic N) is 1. The first kappa shape index (κ1) is 19.3. The van der Waals surface area contributed by atoms with Gasteiger partial charge in [-0.3, -0.25) is 4.79 Å². The Bertz CT molecular complexity index is 792. The summed E-state index contributed by atoms with van der Waals surface area (Å²) >= 11 is 9.20. The van der Waals surface area contributed by atoms with Crippen molar-refractivity contribution in [2.24, 2.45) is 5.10 Å². The Morgan fingerprint density at radius 1 is 1.40 bits per heavy atom. The van der Waals surface area contributed by atoms with Crippen molar-refractivity contribution >= 4 is 39.7 Å². The Morgan fingerprint density at radius 2 is 2.08 bits per heavy atom. The van der Waals surface area contributed by atoms with E-state index in [2.05, 4.69) is 26.5 Å². The number of nitrogens with one attached hydrogen (secondary N) is 1. The molecule has 2 N–H and O–H groups in total. The van der Waals surface area contributed by atoms with Crippen molar-refractivity contribution in [3.63, 3.8) is 0 Å². The predicted octanol–water partition coefficient (Wildman–Crippen LogP) is 4.21. The molecule has 0 unspecified atom stereocenters. The first-order chi connectivity index (χ1) is 11.9. The molecule has 0 atom stereocenters. The second-order valence-electron chi connectivity index (χ2n) is 5.37. The summed E-state index contributed by atoms with van der Waals surface area (Å²) in [5.74, 6) is 0.399. The van der Waals surface area contributed by atoms with E-state index in [-0.39, 0.29) is 11.7 Å². The van der Waals surface area contributed by atoms with Gasteiger partial charge >= 0.3 is 0 Å². The number of amides is 1. The normalized spacial score (nSPS) is 10.9. The van der Waals surface area contributed by atoms with Crippen LogP contribution in [0.25, 0.3) is 0 Å². The van der Waals surface area contributed by atoms with Crippen molar-refractivity contribution in [1.82, 2.24) is 5.43 Å². The van der Waals surface area contributed by atoms with Gasteiger partial charge in [-0.2, -0.15) is 5.10 Å². The first-order valence-electron chi connectivity index (χ1n) is 7.54. The number of carbonyl (C=O) groups is 1. The zero-order valence-electron chi connectivity index (χ0n) is 13.8. The number of aryl methyl sites for hydroxylation is 1. The maximum Gasteiger partial charge on any atom is 0.240 e. The maximum absolute atomic E-state index is 11.9. The van der Waals surface area contributed by atoms with Crippen molar-refractivity contribution in [1.29, 1.82) is 0 Å². The summed E-state index contributed by atoms with van der Waals surface area (Å²) < 4.78 is 5.90. The van der Waals surface area contributed by atoms with E-state index in [9.17, 15) is 9.90 Å². The molecular weight excluding hydrogens is 408 g/mol. The highest BCUT2D eigenvalue weighted by Gasteiger charge is 2.12. The van der Waals surface area contributed by atoms with Crippen molar-refractivity contribution in [3.05, 3.63) is 56.5 Å². The van der Waals surface area contributed by atoms with E-state index < -0.39 is 0 Å². The fourth-order valence-electron chi connectivity index (χ4n) is 2.26. The van der Waals surface area contributed by atoms with E-state index in [1.807, 2.05) is 12.1 Å². The highest BCUT2D eigenvalue weighted by Crippen LogP contribution is 2.36. The Balaban J connectivity index is 1.94. The van der Waals surface area contributed by atoms with E-state index in [4.69, 9.17) is 16.3 Å². The van der Waals surface area contributed by atoms with Crippen LogP contribution in [-0.4, -0.2) is 24.3 Å². The zero-order chi connectivity index (χ0) is 18.4. The van der Waals surface area contributed by atoms with Gasteiger partial charge in [0.05, 0.1) is 17.8 Å². The lowest BCUT2D eigenvalue weighted by Crippen LogP contribution is -2.17. The molecule has 0 fully saturated rings. The Hall–Kier alpha value is -2.05. The molecule has 0 aliphatic rings. The first-order valence-corrected chi connectivity index (χ1v) is 8.72. The smallest absolute Gasteiger partial charge is 0.240 e. The van der Waals surface area contributed by atoms with Crippen LogP contribution in [0.2, 0.25) is 5.02 Å². The van der Waals surface area contributed by atoms with E-state index in [1.54, 1.807) is 25.1 Å². The summed E-state index contributed by atoms with van der Waals surface area (Å²) in [7, 11) is 1.53. The van der Waals surface area contributed by atoms with Gasteiger partial charge in [-0.05, 0) is 53.0 Å². The minimum Gasteiger partial charge on any atom is -0.507 e. The number of hydrogen-bond donors (Lipinski definition) is 2. The summed E-state index contributed by atoms with van der Waals surface area (Å²) in [6, 6.07) is 9.02. The maximum atomic E-state index is 11.9. The number of halogens is 2. The topological polar surface area (TPSA) is 70.9 Å². The fourth-order valence-corrected chi connectivity index (χ4v) is 3.09. The minimum absolute atomic E-state index is 0.0548. The summed E-state index contributed by atoms with van der Waals surface area (Å²) in [5, 5.41) is 14.7. The number of aromatic hydroxyl groups is 1. The molecule has 0 aromatic heterocycles. The number of carbonyl (C=O) groups excluding carboxylic acids is 1. The summed E-state index contributed by atoms with van der Waals surface area (Å²) in [6.45, 7) is 1.74. The number of hydrogen-bond acceptors (Lipinski definition) is 4. The molecule has 25 heavy (non-hydrogen) atoms. The number of phenols is 1. The Morgan fingerprint density at radius 3 is 2.72 bits per heavy atom. The lowest BCUT2D eigenvalue weighted by atomic mass is 10.1. The molecule has 0 bridgehead atoms. The molecule has 0 spiro atoms. The molecule has 0 saturated carbocycles. The van der Waals surface area contributed by atoms with Crippen LogP contribution in [0.15, 0.2) is 39.9 Å². The van der Waals surface area contributed by atoms with Crippen LogP contribution in [0, 0.1) is 6.92 Å². The lowest BCUT2D eigenvalue weighted by molar-refractivity contribution is -0.121. The number of hydrazone groups is 1. The lowest BCUT2D eigenvalue weighted by Gasteiger charge is -2.11. The average molecular weight is 426 g/mol. The van der Waals surface area contributed by atoms with Crippen molar-refractivity contribution < 1.29 is 14.6 Å². The van der Waals surface area contributed by atoms with Crippen molar-refractivity contribution in [2.45, 2.75) is 19.8 Å². The van der Waals surface area contributed by atoms with Gasteiger partial charge < -0.3 is 9.84 Å².